The molecule has 2 heterocycles. The fraction of sp³-hybridized carbons (Fsp3) is 0.259. The molecular formula is C27H26FN3O3. The van der Waals surface area contributed by atoms with Gasteiger partial charge in [-0.05, 0) is 61.0 Å². The third kappa shape index (κ3) is 4.52. The summed E-state index contributed by atoms with van der Waals surface area (Å²) in [7, 11) is 0. The minimum absolute atomic E-state index is 0.0291. The Kier molecular flexibility index (Phi) is 6.02. The summed E-state index contributed by atoms with van der Waals surface area (Å²) >= 11 is 0. The van der Waals surface area contributed by atoms with E-state index < -0.39 is 6.10 Å². The number of aliphatic hydroxyl groups excluding tert-OH is 1. The van der Waals surface area contributed by atoms with Gasteiger partial charge in [0.2, 0.25) is 5.91 Å². The first-order valence-corrected chi connectivity index (χ1v) is 11.4. The summed E-state index contributed by atoms with van der Waals surface area (Å²) < 4.78 is 21.1. The van der Waals surface area contributed by atoms with E-state index in [0.717, 1.165) is 22.4 Å². The highest BCUT2D eigenvalue weighted by atomic mass is 19.1. The number of anilines is 1. The number of imidazole rings is 1. The molecule has 1 amide bonds. The van der Waals surface area contributed by atoms with Gasteiger partial charge in [0.05, 0.1) is 17.6 Å². The van der Waals surface area contributed by atoms with Gasteiger partial charge in [-0.25, -0.2) is 9.37 Å². The Morgan fingerprint density at radius 2 is 1.91 bits per heavy atom. The number of carbonyl (C=O) groups excluding carboxylic acids is 1. The maximum atomic E-state index is 13.3. The number of carbonyl (C=O) groups is 1. The highest BCUT2D eigenvalue weighted by Gasteiger charge is 2.35. The number of para-hydroxylation sites is 2. The van der Waals surface area contributed by atoms with Crippen LogP contribution in [0, 0.1) is 12.7 Å². The highest BCUT2D eigenvalue weighted by Crippen LogP contribution is 2.33. The summed E-state index contributed by atoms with van der Waals surface area (Å²) in [5.74, 6) is 0.962. The summed E-state index contributed by atoms with van der Waals surface area (Å²) in [5.41, 5.74) is 3.48. The number of ether oxygens (including phenoxy) is 1. The summed E-state index contributed by atoms with van der Waals surface area (Å²) in [6.45, 7) is 2.87. The minimum Gasteiger partial charge on any atom is -0.491 e. The van der Waals surface area contributed by atoms with E-state index in [1.165, 1.54) is 12.1 Å². The molecule has 174 valence electrons. The van der Waals surface area contributed by atoms with Gasteiger partial charge < -0.3 is 19.3 Å². The molecule has 0 radical (unpaired) electrons. The predicted molar refractivity (Wildman–Crippen MR) is 129 cm³/mol. The van der Waals surface area contributed by atoms with E-state index in [4.69, 9.17) is 9.72 Å². The maximum absolute atomic E-state index is 13.3. The lowest BCUT2D eigenvalue weighted by Gasteiger charge is -2.19. The van der Waals surface area contributed by atoms with Crippen LogP contribution >= 0.6 is 0 Å². The number of aromatic nitrogens is 2. The van der Waals surface area contributed by atoms with Crippen molar-refractivity contribution in [1.82, 2.24) is 9.55 Å². The number of nitrogens with zero attached hydrogens (tertiary/aromatic N) is 3. The first-order chi connectivity index (χ1) is 16.5. The topological polar surface area (TPSA) is 67.6 Å². The van der Waals surface area contributed by atoms with Crippen molar-refractivity contribution < 1.29 is 19.0 Å². The molecule has 7 heteroatoms. The average molecular weight is 460 g/mol. The van der Waals surface area contributed by atoms with Crippen LogP contribution in [0.5, 0.6) is 5.75 Å². The Morgan fingerprint density at radius 1 is 1.12 bits per heavy atom. The molecule has 1 saturated heterocycles. The van der Waals surface area contributed by atoms with E-state index in [-0.39, 0.29) is 24.2 Å². The molecule has 4 aromatic rings. The van der Waals surface area contributed by atoms with Crippen LogP contribution < -0.4 is 9.64 Å². The second-order valence-corrected chi connectivity index (χ2v) is 8.73. The van der Waals surface area contributed by atoms with Crippen LogP contribution in [0.15, 0.2) is 72.8 Å². The molecular weight excluding hydrogens is 433 g/mol. The van der Waals surface area contributed by atoms with Gasteiger partial charge >= 0.3 is 0 Å². The van der Waals surface area contributed by atoms with Gasteiger partial charge in [-0.1, -0.05) is 24.3 Å². The van der Waals surface area contributed by atoms with Crippen molar-refractivity contribution >= 4 is 22.6 Å². The molecule has 1 aromatic heterocycles. The van der Waals surface area contributed by atoms with Crippen molar-refractivity contribution in [2.75, 3.05) is 18.1 Å². The monoisotopic (exact) mass is 459 g/mol. The molecule has 0 spiro atoms. The Hall–Kier alpha value is -3.71. The van der Waals surface area contributed by atoms with Gasteiger partial charge in [-0.3, -0.25) is 4.79 Å². The standard InChI is InChI=1S/C27H26FN3O3/c1-18-5-4-6-23(13-18)34-17-22(32)16-31-25-8-3-2-7-24(25)29-27(31)19-14-26(33)30(15-19)21-11-9-20(28)10-12-21/h2-13,19,22,32H,14-17H2,1H3/t19-,22-/m1/s1. The fourth-order valence-corrected chi connectivity index (χ4v) is 4.51. The number of amides is 1. The zero-order valence-electron chi connectivity index (χ0n) is 18.9. The number of aryl methyl sites for hydroxylation is 1. The van der Waals surface area contributed by atoms with Crippen molar-refractivity contribution in [2.24, 2.45) is 0 Å². The molecule has 0 bridgehead atoms. The third-order valence-electron chi connectivity index (χ3n) is 6.14. The highest BCUT2D eigenvalue weighted by molar-refractivity contribution is 5.96. The zero-order chi connectivity index (χ0) is 23.7. The van der Waals surface area contributed by atoms with E-state index in [0.29, 0.717) is 30.9 Å². The Bertz CT molecular complexity index is 1320. The van der Waals surface area contributed by atoms with Crippen LogP contribution in [0.4, 0.5) is 10.1 Å². The van der Waals surface area contributed by atoms with Crippen molar-refractivity contribution in [2.45, 2.75) is 31.9 Å². The number of hydrogen-bond acceptors (Lipinski definition) is 4. The number of aliphatic hydroxyl groups is 1. The Labute approximate surface area is 197 Å². The molecule has 0 saturated carbocycles. The van der Waals surface area contributed by atoms with Gasteiger partial charge in [0.1, 0.15) is 30.1 Å². The van der Waals surface area contributed by atoms with E-state index >= 15 is 0 Å². The molecule has 0 unspecified atom stereocenters. The molecule has 6 nitrogen and oxygen atoms in total. The number of fused-ring (bicyclic) bond motifs is 1. The summed E-state index contributed by atoms with van der Waals surface area (Å²) in [6, 6.07) is 21.4. The van der Waals surface area contributed by atoms with Crippen LogP contribution in [0.3, 0.4) is 0 Å². The smallest absolute Gasteiger partial charge is 0.227 e. The second kappa shape index (κ2) is 9.27. The quantitative estimate of drug-likeness (QED) is 0.444. The SMILES string of the molecule is Cc1cccc(OC[C@H](O)Cn2c([C@@H]3CC(=O)N(c4ccc(F)cc4)C3)nc3ccccc32)c1. The first kappa shape index (κ1) is 22.1. The van der Waals surface area contributed by atoms with Gasteiger partial charge in [-0.15, -0.1) is 0 Å². The lowest BCUT2D eigenvalue weighted by Crippen LogP contribution is -2.26. The molecule has 1 aliphatic rings. The zero-order valence-corrected chi connectivity index (χ0v) is 18.9. The van der Waals surface area contributed by atoms with Gasteiger partial charge in [-0.2, -0.15) is 0 Å². The molecule has 2 atom stereocenters. The van der Waals surface area contributed by atoms with E-state index in [1.54, 1.807) is 17.0 Å². The maximum Gasteiger partial charge on any atom is 0.227 e. The van der Waals surface area contributed by atoms with Gasteiger partial charge in [0.25, 0.3) is 0 Å². The third-order valence-corrected chi connectivity index (χ3v) is 6.14. The summed E-state index contributed by atoms with van der Waals surface area (Å²) in [5, 5.41) is 10.8. The predicted octanol–water partition coefficient (Wildman–Crippen LogP) is 4.44. The minimum atomic E-state index is -0.762. The van der Waals surface area contributed by atoms with Gasteiger partial charge in [0.15, 0.2) is 0 Å². The van der Waals surface area contributed by atoms with E-state index in [1.807, 2.05) is 60.0 Å². The molecule has 0 aliphatic carbocycles. The van der Waals surface area contributed by atoms with Crippen molar-refractivity contribution in [3.05, 3.63) is 90.0 Å². The lowest BCUT2D eigenvalue weighted by atomic mass is 10.1. The van der Waals surface area contributed by atoms with Crippen LogP contribution in [0.2, 0.25) is 0 Å². The van der Waals surface area contributed by atoms with E-state index in [2.05, 4.69) is 0 Å². The average Bonchev–Trinajstić information content (AvgIpc) is 3.39. The molecule has 1 fully saturated rings. The lowest BCUT2D eigenvalue weighted by molar-refractivity contribution is -0.117. The molecule has 5 rings (SSSR count). The number of rotatable bonds is 7. The summed E-state index contributed by atoms with van der Waals surface area (Å²) in [4.78, 5) is 19.3. The van der Waals surface area contributed by atoms with Crippen LogP contribution in [-0.4, -0.2) is 39.8 Å². The molecule has 3 aromatic carbocycles. The van der Waals surface area contributed by atoms with Crippen molar-refractivity contribution in [1.29, 1.82) is 0 Å². The Balaban J connectivity index is 1.38. The van der Waals surface area contributed by atoms with Crippen LogP contribution in [-0.2, 0) is 11.3 Å². The fourth-order valence-electron chi connectivity index (χ4n) is 4.51. The molecule has 1 aliphatic heterocycles. The largest absolute Gasteiger partial charge is 0.491 e. The molecule has 34 heavy (non-hydrogen) atoms. The Morgan fingerprint density at radius 3 is 2.71 bits per heavy atom. The number of halogens is 1. The van der Waals surface area contributed by atoms with Crippen molar-refractivity contribution in [3.63, 3.8) is 0 Å². The van der Waals surface area contributed by atoms with Gasteiger partial charge in [0, 0.05) is 24.6 Å². The van der Waals surface area contributed by atoms with E-state index in [9.17, 15) is 14.3 Å². The number of hydrogen-bond donors (Lipinski definition) is 1. The molecule has 1 N–H and O–H groups in total. The first-order valence-electron chi connectivity index (χ1n) is 11.4. The van der Waals surface area contributed by atoms with Crippen LogP contribution in [0.1, 0.15) is 23.7 Å². The summed E-state index contributed by atoms with van der Waals surface area (Å²) in [6.07, 6.45) is -0.460. The van der Waals surface area contributed by atoms with Crippen LogP contribution in [0.25, 0.3) is 11.0 Å². The normalized spacial score (nSPS) is 16.9. The van der Waals surface area contributed by atoms with Crippen molar-refractivity contribution in [3.8, 4) is 5.75 Å². The second-order valence-electron chi connectivity index (χ2n) is 8.73. The number of benzene rings is 3.